The molecule has 0 spiro atoms. The number of nitrogens with zero attached hydrogens (tertiary/aromatic N) is 1. The van der Waals surface area contributed by atoms with Crippen LogP contribution in [0.15, 0.2) is 83.8 Å². The number of rotatable bonds is 7. The molecule has 0 heterocycles. The van der Waals surface area contributed by atoms with Crippen LogP contribution in [0.1, 0.15) is 42.1 Å². The molecule has 0 fully saturated rings. The van der Waals surface area contributed by atoms with Gasteiger partial charge in [-0.25, -0.2) is 8.42 Å². The summed E-state index contributed by atoms with van der Waals surface area (Å²) in [5, 5.41) is 2.95. The van der Waals surface area contributed by atoms with E-state index in [1.165, 1.54) is 35.6 Å². The van der Waals surface area contributed by atoms with Crippen molar-refractivity contribution in [3.05, 3.63) is 90.0 Å². The van der Waals surface area contributed by atoms with Crippen molar-refractivity contribution in [1.82, 2.24) is 0 Å². The fourth-order valence-electron chi connectivity index (χ4n) is 3.17. The van der Waals surface area contributed by atoms with Crippen molar-refractivity contribution in [3.8, 4) is 0 Å². The summed E-state index contributed by atoms with van der Waals surface area (Å²) in [7, 11) is -2.20. The molecule has 1 N–H and O–H groups in total. The smallest absolute Gasteiger partial charge is 0.264 e. The molecule has 5 nitrogen and oxygen atoms in total. The SMILES string of the molecule is CCC(C)c1ccccc1NC(=O)c1ccc(S(=O)(=O)N(C)c2ccccc2)cc1. The maximum atomic E-state index is 12.9. The molecule has 0 aliphatic carbocycles. The highest BCUT2D eigenvalue weighted by Crippen LogP contribution is 2.27. The number of nitrogens with one attached hydrogen (secondary N) is 1. The second-order valence-electron chi connectivity index (χ2n) is 7.18. The molecule has 0 aromatic heterocycles. The third-order valence-electron chi connectivity index (χ3n) is 5.25. The Labute approximate surface area is 178 Å². The Kier molecular flexibility index (Phi) is 6.57. The van der Waals surface area contributed by atoms with E-state index in [9.17, 15) is 13.2 Å². The molecule has 0 bridgehead atoms. The second kappa shape index (κ2) is 9.13. The number of carbonyl (C=O) groups excluding carboxylic acids is 1. The molecule has 0 aliphatic heterocycles. The van der Waals surface area contributed by atoms with Gasteiger partial charge >= 0.3 is 0 Å². The van der Waals surface area contributed by atoms with Crippen LogP contribution in [0.2, 0.25) is 0 Å². The Morgan fingerprint density at radius 1 is 0.933 bits per heavy atom. The molecule has 0 aliphatic rings. The lowest BCUT2D eigenvalue weighted by molar-refractivity contribution is 0.102. The van der Waals surface area contributed by atoms with Gasteiger partial charge in [-0.05, 0) is 60.4 Å². The average molecular weight is 423 g/mol. The van der Waals surface area contributed by atoms with Crippen molar-refractivity contribution in [2.45, 2.75) is 31.1 Å². The highest BCUT2D eigenvalue weighted by Gasteiger charge is 2.21. The van der Waals surface area contributed by atoms with E-state index in [4.69, 9.17) is 0 Å². The Morgan fingerprint density at radius 3 is 2.17 bits per heavy atom. The molecule has 156 valence electrons. The van der Waals surface area contributed by atoms with Gasteiger partial charge in [0.15, 0.2) is 0 Å². The van der Waals surface area contributed by atoms with Crippen molar-refractivity contribution in [2.24, 2.45) is 0 Å². The summed E-state index contributed by atoms with van der Waals surface area (Å²) in [6.07, 6.45) is 0.967. The van der Waals surface area contributed by atoms with Gasteiger partial charge in [0.2, 0.25) is 0 Å². The fourth-order valence-corrected chi connectivity index (χ4v) is 4.36. The molecule has 1 amide bonds. The molecule has 3 rings (SSSR count). The van der Waals surface area contributed by atoms with Crippen LogP contribution in [0.4, 0.5) is 11.4 Å². The number of carbonyl (C=O) groups is 1. The number of benzene rings is 3. The van der Waals surface area contributed by atoms with E-state index in [0.29, 0.717) is 17.2 Å². The summed E-state index contributed by atoms with van der Waals surface area (Å²) in [6, 6.07) is 22.6. The van der Waals surface area contributed by atoms with Crippen molar-refractivity contribution < 1.29 is 13.2 Å². The molecule has 1 unspecified atom stereocenters. The van der Waals surface area contributed by atoms with Gasteiger partial charge < -0.3 is 5.32 Å². The topological polar surface area (TPSA) is 66.5 Å². The number of anilines is 2. The van der Waals surface area contributed by atoms with Crippen molar-refractivity contribution in [3.63, 3.8) is 0 Å². The largest absolute Gasteiger partial charge is 0.322 e. The molecule has 3 aromatic rings. The molecular formula is C24H26N2O3S. The van der Waals surface area contributed by atoms with E-state index in [2.05, 4.69) is 19.2 Å². The van der Waals surface area contributed by atoms with Crippen molar-refractivity contribution >= 4 is 27.3 Å². The van der Waals surface area contributed by atoms with E-state index in [1.54, 1.807) is 24.3 Å². The Hall–Kier alpha value is -3.12. The van der Waals surface area contributed by atoms with E-state index < -0.39 is 10.0 Å². The maximum absolute atomic E-state index is 12.9. The molecule has 0 saturated carbocycles. The van der Waals surface area contributed by atoms with Gasteiger partial charge in [0.1, 0.15) is 0 Å². The van der Waals surface area contributed by atoms with Gasteiger partial charge in [0, 0.05) is 18.3 Å². The lowest BCUT2D eigenvalue weighted by Gasteiger charge is -2.19. The van der Waals surface area contributed by atoms with Crippen LogP contribution in [0, 0.1) is 0 Å². The fraction of sp³-hybridized carbons (Fsp3) is 0.208. The predicted molar refractivity (Wildman–Crippen MR) is 122 cm³/mol. The van der Waals surface area contributed by atoms with Crippen LogP contribution in [-0.4, -0.2) is 21.4 Å². The Balaban J connectivity index is 1.80. The maximum Gasteiger partial charge on any atom is 0.264 e. The second-order valence-corrected chi connectivity index (χ2v) is 9.15. The first kappa shape index (κ1) is 21.6. The number of para-hydroxylation sites is 2. The van der Waals surface area contributed by atoms with Crippen LogP contribution in [0.3, 0.4) is 0 Å². The minimum Gasteiger partial charge on any atom is -0.322 e. The number of hydrogen-bond donors (Lipinski definition) is 1. The number of hydrogen-bond acceptors (Lipinski definition) is 3. The van der Waals surface area contributed by atoms with Crippen molar-refractivity contribution in [2.75, 3.05) is 16.7 Å². The normalized spacial score (nSPS) is 12.2. The highest BCUT2D eigenvalue weighted by molar-refractivity contribution is 7.92. The van der Waals surface area contributed by atoms with Gasteiger partial charge in [-0.1, -0.05) is 50.2 Å². The average Bonchev–Trinajstić information content (AvgIpc) is 2.79. The summed E-state index contributed by atoms with van der Waals surface area (Å²) >= 11 is 0. The molecule has 1 atom stereocenters. The van der Waals surface area contributed by atoms with Gasteiger partial charge in [-0.3, -0.25) is 9.10 Å². The molecule has 3 aromatic carbocycles. The molecule has 6 heteroatoms. The number of amides is 1. The van der Waals surface area contributed by atoms with Gasteiger partial charge in [-0.2, -0.15) is 0 Å². The summed E-state index contributed by atoms with van der Waals surface area (Å²) in [4.78, 5) is 12.9. The summed E-state index contributed by atoms with van der Waals surface area (Å²) < 4.78 is 27.0. The van der Waals surface area contributed by atoms with Crippen LogP contribution in [-0.2, 0) is 10.0 Å². The zero-order valence-electron chi connectivity index (χ0n) is 17.4. The van der Waals surface area contributed by atoms with Crippen LogP contribution in [0.25, 0.3) is 0 Å². The first-order valence-corrected chi connectivity index (χ1v) is 11.3. The quantitative estimate of drug-likeness (QED) is 0.563. The molecule has 0 saturated heterocycles. The molecule has 0 radical (unpaired) electrons. The van der Waals surface area contributed by atoms with Gasteiger partial charge in [-0.15, -0.1) is 0 Å². The predicted octanol–water partition coefficient (Wildman–Crippen LogP) is 5.28. The van der Waals surface area contributed by atoms with Crippen molar-refractivity contribution in [1.29, 1.82) is 0 Å². The van der Waals surface area contributed by atoms with Gasteiger partial charge in [0.05, 0.1) is 10.6 Å². The summed E-state index contributed by atoms with van der Waals surface area (Å²) in [5.74, 6) is 0.0497. The lowest BCUT2D eigenvalue weighted by Crippen LogP contribution is -2.26. The first-order valence-electron chi connectivity index (χ1n) is 9.89. The summed E-state index contributed by atoms with van der Waals surface area (Å²) in [6.45, 7) is 4.22. The number of sulfonamides is 1. The highest BCUT2D eigenvalue weighted by atomic mass is 32.2. The van der Waals surface area contributed by atoms with Crippen LogP contribution >= 0.6 is 0 Å². The van der Waals surface area contributed by atoms with E-state index in [-0.39, 0.29) is 10.8 Å². The standard InChI is InChI=1S/C24H26N2O3S/c1-4-18(2)22-12-8-9-13-23(22)25-24(27)19-14-16-21(17-15-19)30(28,29)26(3)20-10-6-5-7-11-20/h5-18H,4H2,1-3H3,(H,25,27). The van der Waals surface area contributed by atoms with E-state index in [1.807, 2.05) is 30.3 Å². The Morgan fingerprint density at radius 2 is 1.53 bits per heavy atom. The van der Waals surface area contributed by atoms with Crippen LogP contribution in [0.5, 0.6) is 0 Å². The third-order valence-corrected chi connectivity index (χ3v) is 7.05. The summed E-state index contributed by atoms with van der Waals surface area (Å²) in [5.41, 5.74) is 2.82. The molecule has 30 heavy (non-hydrogen) atoms. The third kappa shape index (κ3) is 4.54. The van der Waals surface area contributed by atoms with E-state index in [0.717, 1.165) is 17.7 Å². The zero-order chi connectivity index (χ0) is 21.7. The Bertz CT molecular complexity index is 1110. The van der Waals surface area contributed by atoms with Crippen LogP contribution < -0.4 is 9.62 Å². The monoisotopic (exact) mass is 422 g/mol. The molecular weight excluding hydrogens is 396 g/mol. The lowest BCUT2D eigenvalue weighted by atomic mass is 9.97. The van der Waals surface area contributed by atoms with Gasteiger partial charge in [0.25, 0.3) is 15.9 Å². The minimum absolute atomic E-state index is 0.130. The van der Waals surface area contributed by atoms with E-state index >= 15 is 0 Å². The minimum atomic E-state index is -3.71. The first-order chi connectivity index (χ1) is 14.3. The zero-order valence-corrected chi connectivity index (χ0v) is 18.2.